The molecule has 3 rings (SSSR count). The number of amides is 1. The van der Waals surface area contributed by atoms with Gasteiger partial charge in [0.1, 0.15) is 5.75 Å². The van der Waals surface area contributed by atoms with Crippen molar-refractivity contribution in [1.82, 2.24) is 0 Å². The van der Waals surface area contributed by atoms with Crippen molar-refractivity contribution in [3.8, 4) is 5.75 Å². The minimum atomic E-state index is -0.522. The van der Waals surface area contributed by atoms with Gasteiger partial charge in [0.2, 0.25) is 0 Å². The highest BCUT2D eigenvalue weighted by molar-refractivity contribution is 6.67. The van der Waals surface area contributed by atoms with Gasteiger partial charge in [-0.15, -0.1) is 0 Å². The number of aromatic hydroxyl groups is 1. The highest BCUT2D eigenvalue weighted by atomic mass is 35.5. The van der Waals surface area contributed by atoms with Crippen molar-refractivity contribution in [2.24, 2.45) is 0 Å². The summed E-state index contributed by atoms with van der Waals surface area (Å²) in [5.41, 5.74) is 3.59. The largest absolute Gasteiger partial charge is 0.508 e. The summed E-state index contributed by atoms with van der Waals surface area (Å²) in [5, 5.41) is 9.04. The second-order valence-electron chi connectivity index (χ2n) is 8.03. The van der Waals surface area contributed by atoms with Crippen LogP contribution in [0, 0.1) is 0 Å². The molecule has 0 saturated heterocycles. The molecule has 0 aromatic heterocycles. The average molecular weight is 436 g/mol. The summed E-state index contributed by atoms with van der Waals surface area (Å²) in [6, 6.07) is 21.6. The minimum Gasteiger partial charge on any atom is -0.508 e. The van der Waals surface area contributed by atoms with Gasteiger partial charge >= 0.3 is 0 Å². The van der Waals surface area contributed by atoms with Crippen molar-refractivity contribution in [3.63, 3.8) is 0 Å². The van der Waals surface area contributed by atoms with Gasteiger partial charge in [0.25, 0.3) is 11.1 Å². The zero-order valence-electron chi connectivity index (χ0n) is 17.9. The number of hydrogen-bond acceptors (Lipinski definition) is 3. The summed E-state index contributed by atoms with van der Waals surface area (Å²) < 4.78 is 0. The molecule has 0 bridgehead atoms. The Balaban J connectivity index is 1.86. The number of carbonyl (C=O) groups is 2. The first-order chi connectivity index (χ1) is 14.7. The summed E-state index contributed by atoms with van der Waals surface area (Å²) >= 11 is 5.53. The van der Waals surface area contributed by atoms with Crippen LogP contribution in [0.5, 0.6) is 5.75 Å². The molecule has 3 aromatic rings. The van der Waals surface area contributed by atoms with E-state index in [-0.39, 0.29) is 17.1 Å². The summed E-state index contributed by atoms with van der Waals surface area (Å²) in [6.45, 7) is 6.80. The number of phenols is 1. The Kier molecular flexibility index (Phi) is 6.81. The van der Waals surface area contributed by atoms with E-state index in [9.17, 15) is 14.7 Å². The van der Waals surface area contributed by atoms with Crippen LogP contribution < -0.4 is 4.90 Å². The predicted molar refractivity (Wildman–Crippen MR) is 125 cm³/mol. The van der Waals surface area contributed by atoms with Crippen LogP contribution in [-0.4, -0.2) is 22.8 Å². The first-order valence-corrected chi connectivity index (χ1v) is 10.6. The topological polar surface area (TPSA) is 57.6 Å². The van der Waals surface area contributed by atoms with E-state index in [4.69, 9.17) is 11.6 Å². The molecule has 0 aliphatic carbocycles. The molecule has 0 radical (unpaired) electrons. The van der Waals surface area contributed by atoms with Crippen LogP contribution in [0.3, 0.4) is 0 Å². The molecular formula is C26H26ClNO3. The average Bonchev–Trinajstić information content (AvgIpc) is 2.77. The molecule has 160 valence electrons. The second-order valence-corrected chi connectivity index (χ2v) is 8.37. The maximum atomic E-state index is 13.2. The molecule has 0 unspecified atom stereocenters. The summed E-state index contributed by atoms with van der Waals surface area (Å²) in [4.78, 5) is 26.3. The molecule has 1 amide bonds. The fraction of sp³-hybridized carbons (Fsp3) is 0.231. The Morgan fingerprint density at radius 1 is 0.839 bits per heavy atom. The van der Waals surface area contributed by atoms with E-state index in [0.717, 1.165) is 23.2 Å². The van der Waals surface area contributed by atoms with Crippen LogP contribution in [0.25, 0.3) is 0 Å². The molecule has 4 nitrogen and oxygen atoms in total. The second kappa shape index (κ2) is 9.36. The van der Waals surface area contributed by atoms with E-state index in [2.05, 4.69) is 13.8 Å². The molecule has 5 heteroatoms. The van der Waals surface area contributed by atoms with Crippen LogP contribution in [0.2, 0.25) is 0 Å². The Hall–Kier alpha value is -3.11. The number of anilines is 1. The van der Waals surface area contributed by atoms with Crippen LogP contribution in [-0.2, 0) is 5.41 Å². The number of nitrogens with zero attached hydrogens (tertiary/aromatic N) is 1. The first-order valence-electron chi connectivity index (χ1n) is 10.3. The molecule has 0 aliphatic rings. The van der Waals surface area contributed by atoms with Crippen molar-refractivity contribution in [1.29, 1.82) is 0 Å². The van der Waals surface area contributed by atoms with Gasteiger partial charge in [-0.2, -0.15) is 0 Å². The first kappa shape index (κ1) is 22.6. The quantitative estimate of drug-likeness (QED) is 0.452. The zero-order valence-corrected chi connectivity index (χ0v) is 18.7. The molecule has 3 aromatic carbocycles. The van der Waals surface area contributed by atoms with Crippen LogP contribution in [0.4, 0.5) is 5.69 Å². The smallest absolute Gasteiger partial charge is 0.258 e. The highest BCUT2D eigenvalue weighted by Gasteiger charge is 2.24. The van der Waals surface area contributed by atoms with Gasteiger partial charge in [0.05, 0.1) is 0 Å². The van der Waals surface area contributed by atoms with E-state index in [1.54, 1.807) is 41.3 Å². The standard InChI is InChI=1S/C26H26ClNO3/c1-4-17-28(22-13-7-18(8-14-22)24(27)30)25(31)19-5-9-20(10-6-19)26(2,3)21-11-15-23(29)16-12-21/h5-16,29H,4,17H2,1-3H3. The maximum absolute atomic E-state index is 13.2. The van der Waals surface area contributed by atoms with E-state index in [0.29, 0.717) is 17.7 Å². The molecule has 31 heavy (non-hydrogen) atoms. The maximum Gasteiger partial charge on any atom is 0.258 e. The Morgan fingerprint density at radius 3 is 1.81 bits per heavy atom. The van der Waals surface area contributed by atoms with Crippen molar-refractivity contribution < 1.29 is 14.7 Å². The molecule has 0 aliphatic heterocycles. The number of halogens is 1. The monoisotopic (exact) mass is 435 g/mol. The fourth-order valence-electron chi connectivity index (χ4n) is 3.57. The fourth-order valence-corrected chi connectivity index (χ4v) is 3.70. The van der Waals surface area contributed by atoms with E-state index in [1.165, 1.54) is 0 Å². The van der Waals surface area contributed by atoms with Crippen molar-refractivity contribution in [2.45, 2.75) is 32.6 Å². The van der Waals surface area contributed by atoms with Crippen LogP contribution in [0.1, 0.15) is 59.0 Å². The number of phenolic OH excluding ortho intramolecular Hbond substituents is 1. The van der Waals surface area contributed by atoms with Gasteiger partial charge in [0, 0.05) is 28.8 Å². The number of carbonyl (C=O) groups excluding carboxylic acids is 2. The SMILES string of the molecule is CCCN(C(=O)c1ccc(C(C)(C)c2ccc(O)cc2)cc1)c1ccc(C(=O)Cl)cc1. The zero-order chi connectivity index (χ0) is 22.6. The van der Waals surface area contributed by atoms with Gasteiger partial charge in [-0.3, -0.25) is 9.59 Å². The lowest BCUT2D eigenvalue weighted by molar-refractivity contribution is 0.0986. The molecular weight excluding hydrogens is 410 g/mol. The van der Waals surface area contributed by atoms with Crippen LogP contribution >= 0.6 is 11.6 Å². The Morgan fingerprint density at radius 2 is 1.32 bits per heavy atom. The summed E-state index contributed by atoms with van der Waals surface area (Å²) in [7, 11) is 0. The third kappa shape index (κ3) is 4.97. The summed E-state index contributed by atoms with van der Waals surface area (Å²) in [5.74, 6) is 0.140. The molecule has 0 spiro atoms. The number of rotatable bonds is 7. The molecule has 0 atom stereocenters. The Bertz CT molecular complexity index is 1060. The van der Waals surface area contributed by atoms with Crippen LogP contribution in [0.15, 0.2) is 72.8 Å². The van der Waals surface area contributed by atoms with Gasteiger partial charge < -0.3 is 10.0 Å². The van der Waals surface area contributed by atoms with Gasteiger partial charge in [-0.1, -0.05) is 45.0 Å². The minimum absolute atomic E-state index is 0.0965. The highest BCUT2D eigenvalue weighted by Crippen LogP contribution is 2.32. The van der Waals surface area contributed by atoms with E-state index < -0.39 is 5.24 Å². The predicted octanol–water partition coefficient (Wildman–Crippen LogP) is 6.15. The van der Waals surface area contributed by atoms with Crippen molar-refractivity contribution in [2.75, 3.05) is 11.4 Å². The molecule has 0 saturated carbocycles. The molecule has 0 fully saturated rings. The van der Waals surface area contributed by atoms with Gasteiger partial charge in [0.15, 0.2) is 0 Å². The third-order valence-electron chi connectivity index (χ3n) is 5.54. The Labute approximate surface area is 188 Å². The van der Waals surface area contributed by atoms with Crippen molar-refractivity contribution in [3.05, 3.63) is 95.1 Å². The molecule has 0 heterocycles. The summed E-state index contributed by atoms with van der Waals surface area (Å²) in [6.07, 6.45) is 0.799. The van der Waals surface area contributed by atoms with E-state index >= 15 is 0 Å². The number of benzene rings is 3. The lowest BCUT2D eigenvalue weighted by Crippen LogP contribution is -2.31. The normalized spacial score (nSPS) is 11.2. The van der Waals surface area contributed by atoms with Crippen molar-refractivity contribution >= 4 is 28.4 Å². The van der Waals surface area contributed by atoms with Gasteiger partial charge in [-0.05, 0) is 77.7 Å². The number of hydrogen-bond donors (Lipinski definition) is 1. The molecule has 1 N–H and O–H groups in total. The lowest BCUT2D eigenvalue weighted by Gasteiger charge is -2.27. The lowest BCUT2D eigenvalue weighted by atomic mass is 9.78. The third-order valence-corrected chi connectivity index (χ3v) is 5.76. The van der Waals surface area contributed by atoms with E-state index in [1.807, 2.05) is 43.3 Å². The van der Waals surface area contributed by atoms with Gasteiger partial charge in [-0.25, -0.2) is 0 Å².